The second kappa shape index (κ2) is 10.8. The van der Waals surface area contributed by atoms with Crippen LogP contribution in [0.3, 0.4) is 0 Å². The van der Waals surface area contributed by atoms with Gasteiger partial charge >= 0.3 is 5.97 Å². The fourth-order valence-electron chi connectivity index (χ4n) is 2.46. The number of hydrogen-bond acceptors (Lipinski definition) is 4. The van der Waals surface area contributed by atoms with Gasteiger partial charge in [0.15, 0.2) is 0 Å². The predicted octanol–water partition coefficient (Wildman–Crippen LogP) is 4.69. The molecular formula is C17H29NO2S. The lowest BCUT2D eigenvalue weighted by Gasteiger charge is -2.22. The van der Waals surface area contributed by atoms with E-state index < -0.39 is 0 Å². The summed E-state index contributed by atoms with van der Waals surface area (Å²) in [5.74, 6) is -0.156. The summed E-state index contributed by atoms with van der Waals surface area (Å²) in [5, 5.41) is 5.64. The van der Waals surface area contributed by atoms with Crippen LogP contribution in [0.1, 0.15) is 69.7 Å². The average molecular weight is 311 g/mol. The smallest absolute Gasteiger partial charge is 0.307 e. The second-order valence-corrected chi connectivity index (χ2v) is 6.60. The van der Waals surface area contributed by atoms with Crippen LogP contribution in [-0.4, -0.2) is 19.1 Å². The van der Waals surface area contributed by atoms with Crippen molar-refractivity contribution in [2.75, 3.05) is 7.11 Å². The van der Waals surface area contributed by atoms with E-state index in [0.29, 0.717) is 12.5 Å². The first-order valence-corrected chi connectivity index (χ1v) is 8.91. The summed E-state index contributed by atoms with van der Waals surface area (Å²) >= 11 is 1.69. The minimum absolute atomic E-state index is 0.0723. The summed E-state index contributed by atoms with van der Waals surface area (Å²) in [5.41, 5.74) is 0. The van der Waals surface area contributed by atoms with Gasteiger partial charge in [-0.2, -0.15) is 0 Å². The minimum atomic E-state index is -0.156. The number of methoxy groups -OCH3 is 1. The van der Waals surface area contributed by atoms with Crippen molar-refractivity contribution in [2.24, 2.45) is 0 Å². The standard InChI is InChI=1S/C17H29NO2S/c1-4-5-6-7-8-10-14(2)18-15(13-17(19)20-3)16-11-9-12-21-16/h9,11-12,14-15,18H,4-8,10,13H2,1-3H3. The lowest BCUT2D eigenvalue weighted by atomic mass is 10.1. The van der Waals surface area contributed by atoms with Gasteiger partial charge in [-0.15, -0.1) is 11.3 Å². The summed E-state index contributed by atoms with van der Waals surface area (Å²) in [6, 6.07) is 4.60. The topological polar surface area (TPSA) is 38.3 Å². The molecule has 1 rings (SSSR count). The van der Waals surface area contributed by atoms with Gasteiger partial charge in [0.25, 0.3) is 0 Å². The van der Waals surface area contributed by atoms with Crippen molar-refractivity contribution in [3.05, 3.63) is 22.4 Å². The molecule has 0 aliphatic heterocycles. The lowest BCUT2D eigenvalue weighted by Crippen LogP contribution is -2.31. The van der Waals surface area contributed by atoms with Crippen LogP contribution in [0.15, 0.2) is 17.5 Å². The molecule has 2 atom stereocenters. The molecule has 0 aliphatic carbocycles. The number of esters is 1. The Bertz CT molecular complexity index is 378. The maximum Gasteiger partial charge on any atom is 0.307 e. The van der Waals surface area contributed by atoms with Gasteiger partial charge in [-0.25, -0.2) is 0 Å². The van der Waals surface area contributed by atoms with E-state index in [4.69, 9.17) is 4.74 Å². The molecule has 0 saturated heterocycles. The molecular weight excluding hydrogens is 282 g/mol. The van der Waals surface area contributed by atoms with Crippen LogP contribution in [-0.2, 0) is 9.53 Å². The van der Waals surface area contributed by atoms with Gasteiger partial charge < -0.3 is 10.1 Å². The first kappa shape index (κ1) is 18.2. The number of thiophene rings is 1. The molecule has 21 heavy (non-hydrogen) atoms. The molecule has 0 aliphatic rings. The van der Waals surface area contributed by atoms with Gasteiger partial charge in [-0.1, -0.05) is 45.1 Å². The van der Waals surface area contributed by atoms with Crippen LogP contribution >= 0.6 is 11.3 Å². The number of ether oxygens (including phenoxy) is 1. The van der Waals surface area contributed by atoms with E-state index in [2.05, 4.69) is 30.6 Å². The highest BCUT2D eigenvalue weighted by Crippen LogP contribution is 2.23. The highest BCUT2D eigenvalue weighted by atomic mass is 32.1. The molecule has 4 heteroatoms. The van der Waals surface area contributed by atoms with Crippen molar-refractivity contribution in [1.82, 2.24) is 5.32 Å². The Labute approximate surface area is 133 Å². The molecule has 1 aromatic heterocycles. The highest BCUT2D eigenvalue weighted by molar-refractivity contribution is 7.10. The third-order valence-electron chi connectivity index (χ3n) is 3.71. The zero-order valence-corrected chi connectivity index (χ0v) is 14.4. The normalized spacial score (nSPS) is 13.9. The SMILES string of the molecule is CCCCCCCC(C)NC(CC(=O)OC)c1cccs1. The third-order valence-corrected chi connectivity index (χ3v) is 4.70. The lowest BCUT2D eigenvalue weighted by molar-refractivity contribution is -0.141. The Morgan fingerprint density at radius 2 is 2.10 bits per heavy atom. The first-order valence-electron chi connectivity index (χ1n) is 8.03. The average Bonchev–Trinajstić information content (AvgIpc) is 3.00. The van der Waals surface area contributed by atoms with Gasteiger partial charge in [0.2, 0.25) is 0 Å². The van der Waals surface area contributed by atoms with Crippen molar-refractivity contribution < 1.29 is 9.53 Å². The Morgan fingerprint density at radius 3 is 2.71 bits per heavy atom. The zero-order valence-electron chi connectivity index (χ0n) is 13.6. The summed E-state index contributed by atoms with van der Waals surface area (Å²) in [4.78, 5) is 12.8. The van der Waals surface area contributed by atoms with Gasteiger partial charge in [-0.3, -0.25) is 4.79 Å². The van der Waals surface area contributed by atoms with Gasteiger partial charge in [0.05, 0.1) is 19.6 Å². The maximum absolute atomic E-state index is 11.6. The van der Waals surface area contributed by atoms with E-state index in [0.717, 1.165) is 6.42 Å². The van der Waals surface area contributed by atoms with Crippen LogP contribution in [0.25, 0.3) is 0 Å². The quantitative estimate of drug-likeness (QED) is 0.476. The second-order valence-electron chi connectivity index (χ2n) is 5.62. The fourth-order valence-corrected chi connectivity index (χ4v) is 3.25. The highest BCUT2D eigenvalue weighted by Gasteiger charge is 2.19. The summed E-state index contributed by atoms with van der Waals surface area (Å²) in [6.45, 7) is 4.44. The molecule has 0 fully saturated rings. The Balaban J connectivity index is 2.39. The summed E-state index contributed by atoms with van der Waals surface area (Å²) in [6.07, 6.45) is 8.07. The van der Waals surface area contributed by atoms with Crippen molar-refractivity contribution in [1.29, 1.82) is 0 Å². The Kier molecular flexibility index (Phi) is 9.35. The van der Waals surface area contributed by atoms with Crippen molar-refractivity contribution in [3.63, 3.8) is 0 Å². The Morgan fingerprint density at radius 1 is 1.33 bits per heavy atom. The fraction of sp³-hybridized carbons (Fsp3) is 0.706. The van der Waals surface area contributed by atoms with Crippen LogP contribution in [0, 0.1) is 0 Å². The number of rotatable bonds is 11. The van der Waals surface area contributed by atoms with Crippen molar-refractivity contribution >= 4 is 17.3 Å². The predicted molar refractivity (Wildman–Crippen MR) is 89.7 cm³/mol. The number of nitrogens with one attached hydrogen (secondary N) is 1. The third kappa shape index (κ3) is 7.63. The van der Waals surface area contributed by atoms with E-state index >= 15 is 0 Å². The molecule has 0 bridgehead atoms. The van der Waals surface area contributed by atoms with Gasteiger partial charge in [0.1, 0.15) is 0 Å². The van der Waals surface area contributed by atoms with Crippen LogP contribution < -0.4 is 5.32 Å². The van der Waals surface area contributed by atoms with E-state index in [9.17, 15) is 4.79 Å². The largest absolute Gasteiger partial charge is 0.469 e. The Hall–Kier alpha value is -0.870. The summed E-state index contributed by atoms with van der Waals surface area (Å²) in [7, 11) is 1.45. The van der Waals surface area contributed by atoms with E-state index in [-0.39, 0.29) is 12.0 Å². The van der Waals surface area contributed by atoms with Gasteiger partial charge in [-0.05, 0) is 24.8 Å². The van der Waals surface area contributed by atoms with Crippen molar-refractivity contribution in [2.45, 2.75) is 70.9 Å². The van der Waals surface area contributed by atoms with E-state index in [1.165, 1.54) is 44.1 Å². The molecule has 2 unspecified atom stereocenters. The van der Waals surface area contributed by atoms with Crippen LogP contribution in [0.5, 0.6) is 0 Å². The molecule has 0 radical (unpaired) electrons. The number of carbonyl (C=O) groups is 1. The molecule has 0 amide bonds. The molecule has 1 aromatic rings. The first-order chi connectivity index (χ1) is 10.2. The molecule has 1 N–H and O–H groups in total. The van der Waals surface area contributed by atoms with Gasteiger partial charge in [0, 0.05) is 10.9 Å². The number of hydrogen-bond donors (Lipinski definition) is 1. The number of carbonyl (C=O) groups excluding carboxylic acids is 1. The van der Waals surface area contributed by atoms with E-state index in [1.807, 2.05) is 6.07 Å². The molecule has 0 saturated carbocycles. The van der Waals surface area contributed by atoms with E-state index in [1.54, 1.807) is 11.3 Å². The zero-order chi connectivity index (χ0) is 15.5. The van der Waals surface area contributed by atoms with Crippen LogP contribution in [0.2, 0.25) is 0 Å². The van der Waals surface area contributed by atoms with Crippen LogP contribution in [0.4, 0.5) is 0 Å². The minimum Gasteiger partial charge on any atom is -0.469 e. The molecule has 0 aromatic carbocycles. The monoisotopic (exact) mass is 311 g/mol. The summed E-state index contributed by atoms with van der Waals surface area (Å²) < 4.78 is 4.81. The maximum atomic E-state index is 11.6. The molecule has 120 valence electrons. The molecule has 3 nitrogen and oxygen atoms in total. The molecule has 0 spiro atoms. The van der Waals surface area contributed by atoms with Crippen molar-refractivity contribution in [3.8, 4) is 0 Å². The molecule has 1 heterocycles. The number of unbranched alkanes of at least 4 members (excludes halogenated alkanes) is 4.